The van der Waals surface area contributed by atoms with Crippen LogP contribution in [-0.4, -0.2) is 53.1 Å². The van der Waals surface area contributed by atoms with E-state index in [1.54, 1.807) is 37.2 Å². The van der Waals surface area contributed by atoms with E-state index in [1.807, 2.05) is 115 Å². The molecule has 1 aliphatic heterocycles. The summed E-state index contributed by atoms with van der Waals surface area (Å²) in [6.07, 6.45) is 10.7. The summed E-state index contributed by atoms with van der Waals surface area (Å²) in [5, 5.41) is 1.99. The van der Waals surface area contributed by atoms with Crippen LogP contribution in [0, 0.1) is 0 Å². The zero-order valence-corrected chi connectivity index (χ0v) is 29.4. The Hall–Kier alpha value is -6.45. The maximum absolute atomic E-state index is 5.71. The van der Waals surface area contributed by atoms with E-state index in [9.17, 15) is 0 Å². The van der Waals surface area contributed by atoms with Crippen molar-refractivity contribution in [3.05, 3.63) is 152 Å². The number of benzene rings is 2. The molecule has 0 unspecified atom stereocenters. The van der Waals surface area contributed by atoms with Crippen LogP contribution in [0.5, 0.6) is 11.5 Å². The Labute approximate surface area is 311 Å². The van der Waals surface area contributed by atoms with E-state index in [2.05, 4.69) is 34.9 Å². The van der Waals surface area contributed by atoms with Crippen molar-refractivity contribution in [2.75, 3.05) is 13.2 Å². The molecule has 10 nitrogen and oxygen atoms in total. The van der Waals surface area contributed by atoms with Crippen molar-refractivity contribution in [2.45, 2.75) is 0 Å². The van der Waals surface area contributed by atoms with Crippen molar-refractivity contribution in [1.82, 2.24) is 39.9 Å². The number of rotatable bonds is 3. The van der Waals surface area contributed by atoms with Gasteiger partial charge in [0.25, 0.3) is 0 Å². The summed E-state index contributed by atoms with van der Waals surface area (Å²) in [5.41, 5.74) is 8.20. The van der Waals surface area contributed by atoms with E-state index in [0.717, 1.165) is 78.5 Å². The molecule has 0 atom stereocenters. The number of hydrogen-bond acceptors (Lipinski definition) is 9. The van der Waals surface area contributed by atoms with Crippen molar-refractivity contribution in [3.8, 4) is 45.7 Å². The molecule has 52 heavy (non-hydrogen) atoms. The van der Waals surface area contributed by atoms with Crippen molar-refractivity contribution in [2.24, 2.45) is 0 Å². The van der Waals surface area contributed by atoms with Gasteiger partial charge in [-0.25, -0.2) is 4.98 Å². The van der Waals surface area contributed by atoms with Gasteiger partial charge >= 0.3 is 0 Å². The Balaban J connectivity index is 0.000000140. The molecule has 1 N–H and O–H groups in total. The molecule has 9 aromatic rings. The first-order chi connectivity index (χ1) is 25.3. The molecule has 0 aliphatic carbocycles. The van der Waals surface area contributed by atoms with Crippen LogP contribution in [-0.2, 0) is 19.5 Å². The molecule has 0 saturated heterocycles. The molecule has 1 aliphatic rings. The number of aromatic amines is 1. The van der Waals surface area contributed by atoms with E-state index < -0.39 is 0 Å². The molecule has 10 rings (SSSR count). The van der Waals surface area contributed by atoms with E-state index >= 15 is 0 Å². The number of ether oxygens (including phenoxy) is 2. The molecule has 0 bridgehead atoms. The molecule has 2 aromatic carbocycles. The Morgan fingerprint density at radius 3 is 1.44 bits per heavy atom. The Morgan fingerprint density at radius 2 is 0.923 bits per heavy atom. The van der Waals surface area contributed by atoms with Crippen molar-refractivity contribution >= 4 is 32.8 Å². The quantitative estimate of drug-likeness (QED) is 0.140. The predicted octanol–water partition coefficient (Wildman–Crippen LogP) is 8.38. The van der Waals surface area contributed by atoms with Crippen molar-refractivity contribution < 1.29 is 29.0 Å². The smallest absolute Gasteiger partial charge is 0.162 e. The topological polar surface area (TPSA) is 124 Å². The number of nitrogens with zero attached hydrogens (tertiary/aromatic N) is 7. The van der Waals surface area contributed by atoms with E-state index in [0.29, 0.717) is 13.2 Å². The van der Waals surface area contributed by atoms with Gasteiger partial charge in [0.05, 0.1) is 44.8 Å². The summed E-state index contributed by atoms with van der Waals surface area (Å²) in [7, 11) is 0. The largest absolute Gasteiger partial charge is 0.486 e. The molecule has 11 heteroatoms. The maximum atomic E-state index is 5.71. The summed E-state index contributed by atoms with van der Waals surface area (Å²) in [6.45, 7) is 1.14. The van der Waals surface area contributed by atoms with Crippen LogP contribution >= 0.6 is 0 Å². The summed E-state index contributed by atoms with van der Waals surface area (Å²) in [5.74, 6) is 2.30. The first-order valence-electron chi connectivity index (χ1n) is 16.4. The molecule has 254 valence electrons. The number of fused-ring (bicyclic) bond motifs is 7. The van der Waals surface area contributed by atoms with Crippen LogP contribution in [0.15, 0.2) is 152 Å². The summed E-state index contributed by atoms with van der Waals surface area (Å²) in [4.78, 5) is 34.2. The van der Waals surface area contributed by atoms with Crippen LogP contribution in [0.2, 0.25) is 0 Å². The number of pyridine rings is 6. The van der Waals surface area contributed by atoms with E-state index in [-0.39, 0.29) is 19.5 Å². The van der Waals surface area contributed by atoms with Gasteiger partial charge in [-0.05, 0) is 91.0 Å². The Bertz CT molecular complexity index is 2320. The van der Waals surface area contributed by atoms with E-state index in [4.69, 9.17) is 14.5 Å². The van der Waals surface area contributed by atoms with Crippen LogP contribution in [0.3, 0.4) is 0 Å². The first-order valence-corrected chi connectivity index (χ1v) is 16.4. The number of aromatic nitrogens is 8. The van der Waals surface area contributed by atoms with Gasteiger partial charge in [0, 0.05) is 73.0 Å². The first kappa shape index (κ1) is 34.0. The zero-order chi connectivity index (χ0) is 34.2. The third-order valence-corrected chi connectivity index (χ3v) is 8.07. The SMILES string of the molecule is [Ru].c1ccc(-c2ccccn2)nc1.c1ccc(-c2ccccn2)nc1.c1cnc2c(c1)c1nc(-c3ccc4c(c3)OCCO4)[nH]c1c1cccnc12. The van der Waals surface area contributed by atoms with Gasteiger partial charge in [-0.15, -0.1) is 0 Å². The van der Waals surface area contributed by atoms with E-state index in [1.165, 1.54) is 0 Å². The van der Waals surface area contributed by atoms with Gasteiger partial charge in [0.2, 0.25) is 0 Å². The second-order valence-corrected chi connectivity index (χ2v) is 11.3. The van der Waals surface area contributed by atoms with Crippen molar-refractivity contribution in [3.63, 3.8) is 0 Å². The minimum absolute atomic E-state index is 0. The molecule has 8 heterocycles. The fraction of sp³-hybridized carbons (Fsp3) is 0.0488. The molecule has 0 amide bonds. The van der Waals surface area contributed by atoms with Crippen LogP contribution in [0.25, 0.3) is 67.0 Å². The molecule has 0 saturated carbocycles. The van der Waals surface area contributed by atoms with Gasteiger partial charge in [-0.1, -0.05) is 24.3 Å². The fourth-order valence-electron chi connectivity index (χ4n) is 5.73. The average molecular weight is 768 g/mol. The predicted molar refractivity (Wildman–Crippen MR) is 198 cm³/mol. The standard InChI is InChI=1S/C21H14N4O2.2C10H8N2.Ru/c1-3-13-17(22-7-1)18-14(4-2-8-23-18)20-19(13)24-21(25-20)12-5-6-15-16(11-12)27-10-9-26-15;2*1-3-7-11-9(5-1)10-6-2-4-8-12-10;/h1-8,11H,9-10H2,(H,24,25);2*1-8H;. The normalized spacial score (nSPS) is 11.5. The van der Waals surface area contributed by atoms with Gasteiger partial charge < -0.3 is 14.5 Å². The monoisotopic (exact) mass is 768 g/mol. The maximum Gasteiger partial charge on any atom is 0.162 e. The fourth-order valence-corrected chi connectivity index (χ4v) is 5.73. The average Bonchev–Trinajstić information content (AvgIpc) is 3.69. The Kier molecular flexibility index (Phi) is 10.5. The van der Waals surface area contributed by atoms with Gasteiger partial charge in [0.1, 0.15) is 19.0 Å². The molecular formula is C41H30N8O2Ru. The van der Waals surface area contributed by atoms with Crippen LogP contribution in [0.4, 0.5) is 0 Å². The minimum Gasteiger partial charge on any atom is -0.486 e. The molecule has 0 spiro atoms. The third kappa shape index (κ3) is 7.35. The zero-order valence-electron chi connectivity index (χ0n) is 27.6. The Morgan fingerprint density at radius 1 is 0.442 bits per heavy atom. The number of H-pyrrole nitrogens is 1. The number of imidazole rings is 1. The molecule has 0 radical (unpaired) electrons. The van der Waals surface area contributed by atoms with Crippen LogP contribution in [0.1, 0.15) is 0 Å². The van der Waals surface area contributed by atoms with Crippen LogP contribution < -0.4 is 9.47 Å². The number of hydrogen-bond donors (Lipinski definition) is 1. The van der Waals surface area contributed by atoms with Gasteiger partial charge in [-0.2, -0.15) is 0 Å². The second kappa shape index (κ2) is 16.1. The third-order valence-electron chi connectivity index (χ3n) is 8.07. The van der Waals surface area contributed by atoms with Gasteiger partial charge in [-0.3, -0.25) is 29.9 Å². The molecule has 7 aromatic heterocycles. The van der Waals surface area contributed by atoms with Gasteiger partial charge in [0.15, 0.2) is 11.5 Å². The summed E-state index contributed by atoms with van der Waals surface area (Å²) < 4.78 is 11.3. The minimum atomic E-state index is 0. The van der Waals surface area contributed by atoms with Crippen molar-refractivity contribution in [1.29, 1.82) is 0 Å². The summed E-state index contributed by atoms with van der Waals surface area (Å²) >= 11 is 0. The second-order valence-electron chi connectivity index (χ2n) is 11.3. The molecular weight excluding hydrogens is 738 g/mol. The molecule has 0 fully saturated rings. The summed E-state index contributed by atoms with van der Waals surface area (Å²) in [6, 6.07) is 37.0. The number of nitrogens with one attached hydrogen (secondary N) is 1.